The minimum Gasteiger partial charge on any atom is -0.442 e. The molecule has 5 heteroatoms. The molecule has 1 saturated heterocycles. The maximum Gasteiger partial charge on any atom is 0.441 e. The van der Waals surface area contributed by atoms with Gasteiger partial charge in [0, 0.05) is 11.5 Å². The van der Waals surface area contributed by atoms with Crippen LogP contribution in [0.25, 0.3) is 0 Å². The normalized spacial score (nSPS) is 20.5. The molecule has 0 spiro atoms. The van der Waals surface area contributed by atoms with Crippen LogP contribution in [0.2, 0.25) is 0 Å². The van der Waals surface area contributed by atoms with Gasteiger partial charge in [0.15, 0.2) is 0 Å². The van der Waals surface area contributed by atoms with Crippen LogP contribution < -0.4 is 0 Å². The molecule has 4 nitrogen and oxygen atoms in total. The number of ether oxygens (including phenoxy) is 1. The van der Waals surface area contributed by atoms with Crippen LogP contribution in [0.3, 0.4) is 0 Å². The molecule has 0 radical (unpaired) electrons. The standard InChI is InChI=1S/C9H18N2O2S/c1-9(2,3)13-8(12)11-14(10)6-4-5-7-14/h10H,4-7H2,1-3H3. The Hall–Kier alpha value is -0.580. The van der Waals surface area contributed by atoms with Crippen molar-refractivity contribution in [1.82, 2.24) is 0 Å². The lowest BCUT2D eigenvalue weighted by atomic mass is 10.2. The number of nitrogens with zero attached hydrogens (tertiary/aromatic N) is 1. The molecular weight excluding hydrogens is 200 g/mol. The minimum atomic E-state index is -1.77. The molecule has 0 atom stereocenters. The number of amides is 1. The van der Waals surface area contributed by atoms with Crippen molar-refractivity contribution < 1.29 is 9.53 Å². The number of hydrogen-bond acceptors (Lipinski definition) is 3. The fourth-order valence-corrected chi connectivity index (χ4v) is 3.37. The van der Waals surface area contributed by atoms with Gasteiger partial charge in [-0.1, -0.05) is 9.62 Å². The molecule has 0 aromatic rings. The second-order valence-electron chi connectivity index (χ2n) is 4.53. The Bertz CT molecular complexity index is 323. The molecule has 1 heterocycles. The zero-order valence-corrected chi connectivity index (χ0v) is 9.82. The summed E-state index contributed by atoms with van der Waals surface area (Å²) in [5, 5.41) is 0. The lowest BCUT2D eigenvalue weighted by Crippen LogP contribution is -2.22. The highest BCUT2D eigenvalue weighted by atomic mass is 32.2. The van der Waals surface area contributed by atoms with Crippen molar-refractivity contribution in [3.05, 3.63) is 0 Å². The quantitative estimate of drug-likeness (QED) is 0.679. The number of carbonyl (C=O) groups excluding carboxylic acids is 1. The zero-order valence-electron chi connectivity index (χ0n) is 9.00. The maximum atomic E-state index is 11.3. The van der Waals surface area contributed by atoms with Crippen molar-refractivity contribution >= 4 is 15.7 Å². The lowest BCUT2D eigenvalue weighted by Gasteiger charge is -2.17. The van der Waals surface area contributed by atoms with E-state index in [1.54, 1.807) is 20.8 Å². The number of rotatable bonds is 0. The molecular formula is C9H18N2O2S. The Morgan fingerprint density at radius 3 is 2.29 bits per heavy atom. The van der Waals surface area contributed by atoms with E-state index in [1.807, 2.05) is 0 Å². The van der Waals surface area contributed by atoms with Crippen molar-refractivity contribution in [1.29, 1.82) is 4.78 Å². The van der Waals surface area contributed by atoms with E-state index in [1.165, 1.54) is 0 Å². The Kier molecular flexibility index (Phi) is 3.19. The van der Waals surface area contributed by atoms with E-state index in [4.69, 9.17) is 9.52 Å². The van der Waals surface area contributed by atoms with Crippen molar-refractivity contribution in [2.45, 2.75) is 39.2 Å². The molecule has 0 bridgehead atoms. The lowest BCUT2D eigenvalue weighted by molar-refractivity contribution is 0.0608. The average molecular weight is 218 g/mol. The number of hydrogen-bond donors (Lipinski definition) is 1. The van der Waals surface area contributed by atoms with Gasteiger partial charge in [-0.2, -0.15) is 0 Å². The second kappa shape index (κ2) is 3.88. The van der Waals surface area contributed by atoms with Gasteiger partial charge in [0.25, 0.3) is 0 Å². The van der Waals surface area contributed by atoms with E-state index in [0.29, 0.717) is 0 Å². The zero-order chi connectivity index (χ0) is 10.8. The largest absolute Gasteiger partial charge is 0.442 e. The summed E-state index contributed by atoms with van der Waals surface area (Å²) in [6.45, 7) is 5.42. The first kappa shape index (κ1) is 11.5. The average Bonchev–Trinajstić information content (AvgIpc) is 2.30. The van der Waals surface area contributed by atoms with Crippen molar-refractivity contribution in [2.75, 3.05) is 11.5 Å². The van der Waals surface area contributed by atoms with Crippen LogP contribution >= 0.6 is 0 Å². The van der Waals surface area contributed by atoms with Crippen LogP contribution in [0.4, 0.5) is 4.79 Å². The third-order valence-corrected chi connectivity index (χ3v) is 4.28. The summed E-state index contributed by atoms with van der Waals surface area (Å²) in [5.74, 6) is 1.51. The van der Waals surface area contributed by atoms with Gasteiger partial charge in [0.05, 0.1) is 0 Å². The Labute approximate surface area is 85.6 Å². The fourth-order valence-electron chi connectivity index (χ4n) is 1.30. The van der Waals surface area contributed by atoms with Gasteiger partial charge < -0.3 is 4.74 Å². The fraction of sp³-hybridized carbons (Fsp3) is 0.889. The topological polar surface area (TPSA) is 62.5 Å². The molecule has 0 aromatic heterocycles. The second-order valence-corrected chi connectivity index (χ2v) is 7.21. The molecule has 1 amide bonds. The van der Waals surface area contributed by atoms with Gasteiger partial charge in [-0.3, -0.25) is 4.78 Å². The van der Waals surface area contributed by atoms with E-state index in [0.717, 1.165) is 24.3 Å². The molecule has 1 fully saturated rings. The summed E-state index contributed by atoms with van der Waals surface area (Å²) in [5.41, 5.74) is -0.505. The van der Waals surface area contributed by atoms with E-state index >= 15 is 0 Å². The van der Waals surface area contributed by atoms with Gasteiger partial charge in [-0.25, -0.2) is 4.79 Å². The SMILES string of the molecule is CC(C)(C)OC(=O)N=S1(=N)CCCC1. The highest BCUT2D eigenvalue weighted by Gasteiger charge is 2.19. The van der Waals surface area contributed by atoms with Gasteiger partial charge in [-0.05, 0) is 33.6 Å². The third-order valence-electron chi connectivity index (χ3n) is 1.86. The summed E-state index contributed by atoms with van der Waals surface area (Å²) in [4.78, 5) is 11.3. The van der Waals surface area contributed by atoms with Crippen molar-refractivity contribution in [3.63, 3.8) is 0 Å². The molecule has 0 unspecified atom stereocenters. The monoisotopic (exact) mass is 218 g/mol. The third kappa shape index (κ3) is 3.65. The summed E-state index contributed by atoms with van der Waals surface area (Å²) in [7, 11) is -1.77. The highest BCUT2D eigenvalue weighted by molar-refractivity contribution is 7.95. The van der Waals surface area contributed by atoms with E-state index < -0.39 is 21.3 Å². The summed E-state index contributed by atoms with van der Waals surface area (Å²) in [6.07, 6.45) is 1.47. The van der Waals surface area contributed by atoms with Gasteiger partial charge in [-0.15, -0.1) is 4.36 Å². The van der Waals surface area contributed by atoms with Gasteiger partial charge >= 0.3 is 6.09 Å². The molecule has 14 heavy (non-hydrogen) atoms. The first-order valence-electron chi connectivity index (χ1n) is 4.80. The first-order chi connectivity index (χ1) is 6.31. The highest BCUT2D eigenvalue weighted by Crippen LogP contribution is 2.16. The van der Waals surface area contributed by atoms with E-state index in [2.05, 4.69) is 4.36 Å². The van der Waals surface area contributed by atoms with Gasteiger partial charge in [0.2, 0.25) is 0 Å². The predicted octanol–water partition coefficient (Wildman–Crippen LogP) is 2.82. The molecule has 1 N–H and O–H groups in total. The Morgan fingerprint density at radius 1 is 1.36 bits per heavy atom. The molecule has 0 aliphatic carbocycles. The molecule has 1 aliphatic heterocycles. The van der Waals surface area contributed by atoms with Crippen LogP contribution in [0.5, 0.6) is 0 Å². The Balaban J connectivity index is 2.68. The molecule has 0 aromatic carbocycles. The summed E-state index contributed by atoms with van der Waals surface area (Å²) in [6, 6.07) is 0. The Morgan fingerprint density at radius 2 is 1.86 bits per heavy atom. The van der Waals surface area contributed by atoms with Crippen LogP contribution in [0, 0.1) is 4.78 Å². The maximum absolute atomic E-state index is 11.3. The minimum absolute atomic E-state index is 0.505. The van der Waals surface area contributed by atoms with E-state index in [-0.39, 0.29) is 0 Å². The van der Waals surface area contributed by atoms with Crippen molar-refractivity contribution in [2.24, 2.45) is 4.36 Å². The summed E-state index contributed by atoms with van der Waals surface area (Å²) < 4.78 is 16.9. The molecule has 0 saturated carbocycles. The molecule has 1 rings (SSSR count). The first-order valence-corrected chi connectivity index (χ1v) is 6.73. The number of nitrogens with one attached hydrogen (secondary N) is 1. The summed E-state index contributed by atoms with van der Waals surface area (Å²) >= 11 is 0. The van der Waals surface area contributed by atoms with Crippen LogP contribution in [-0.2, 0) is 14.4 Å². The van der Waals surface area contributed by atoms with Crippen LogP contribution in [-0.4, -0.2) is 23.2 Å². The van der Waals surface area contributed by atoms with Crippen LogP contribution in [0.1, 0.15) is 33.6 Å². The molecule has 82 valence electrons. The number of carbonyl (C=O) groups is 1. The molecule has 1 aliphatic rings. The smallest absolute Gasteiger partial charge is 0.441 e. The predicted molar refractivity (Wildman–Crippen MR) is 57.7 cm³/mol. The van der Waals surface area contributed by atoms with Crippen molar-refractivity contribution in [3.8, 4) is 0 Å². The van der Waals surface area contributed by atoms with Crippen LogP contribution in [0.15, 0.2) is 4.36 Å². The van der Waals surface area contributed by atoms with Gasteiger partial charge in [0.1, 0.15) is 5.60 Å². The van der Waals surface area contributed by atoms with E-state index in [9.17, 15) is 4.79 Å².